The van der Waals surface area contributed by atoms with E-state index in [2.05, 4.69) is 0 Å². The highest BCUT2D eigenvalue weighted by atomic mass is 16.6. The van der Waals surface area contributed by atoms with E-state index in [-0.39, 0.29) is 12.1 Å². The summed E-state index contributed by atoms with van der Waals surface area (Å²) in [5.74, 6) is -1.78. The van der Waals surface area contributed by atoms with Crippen LogP contribution in [-0.4, -0.2) is 16.0 Å². The molecule has 0 aliphatic carbocycles. The second-order valence-electron chi connectivity index (χ2n) is 5.08. The van der Waals surface area contributed by atoms with Gasteiger partial charge in [-0.25, -0.2) is 0 Å². The Bertz CT molecular complexity index is 679. The number of carboxylic acids is 1. The Hall–Kier alpha value is -2.69. The van der Waals surface area contributed by atoms with Gasteiger partial charge in [-0.3, -0.25) is 14.9 Å². The third-order valence-corrected chi connectivity index (χ3v) is 3.70. The number of carboxylic acid groups (broad SMARTS) is 1. The van der Waals surface area contributed by atoms with E-state index in [1.807, 2.05) is 19.1 Å². The van der Waals surface area contributed by atoms with Crippen LogP contribution in [0.5, 0.6) is 0 Å². The molecule has 0 radical (unpaired) electrons. The molecule has 0 amide bonds. The molecule has 5 nitrogen and oxygen atoms in total. The highest BCUT2D eigenvalue weighted by Gasteiger charge is 2.24. The summed E-state index contributed by atoms with van der Waals surface area (Å²) in [6, 6.07) is 13.6. The van der Waals surface area contributed by atoms with Gasteiger partial charge in [0.05, 0.1) is 10.8 Å². The molecule has 114 valence electrons. The molecule has 1 atom stereocenters. The van der Waals surface area contributed by atoms with Gasteiger partial charge in [-0.05, 0) is 24.0 Å². The topological polar surface area (TPSA) is 80.4 Å². The van der Waals surface area contributed by atoms with E-state index in [0.717, 1.165) is 12.0 Å². The molecular weight excluding hydrogens is 282 g/mol. The van der Waals surface area contributed by atoms with Crippen LogP contribution in [0, 0.1) is 10.1 Å². The number of para-hydroxylation sites is 1. The van der Waals surface area contributed by atoms with E-state index in [0.29, 0.717) is 11.1 Å². The second kappa shape index (κ2) is 6.85. The lowest BCUT2D eigenvalue weighted by Crippen LogP contribution is -2.15. The molecule has 2 rings (SSSR count). The van der Waals surface area contributed by atoms with Crippen LogP contribution in [0.25, 0.3) is 0 Å². The molecule has 0 heterocycles. The molecule has 2 aromatic rings. The average molecular weight is 299 g/mol. The van der Waals surface area contributed by atoms with Crippen LogP contribution in [0.2, 0.25) is 0 Å². The molecule has 0 saturated heterocycles. The van der Waals surface area contributed by atoms with Crippen LogP contribution >= 0.6 is 0 Å². The minimum atomic E-state index is -0.984. The van der Waals surface area contributed by atoms with Gasteiger partial charge >= 0.3 is 5.97 Å². The number of nitrogens with zero attached hydrogens (tertiary/aromatic N) is 1. The van der Waals surface area contributed by atoms with E-state index in [1.165, 1.54) is 6.07 Å². The van der Waals surface area contributed by atoms with Crippen LogP contribution in [0.15, 0.2) is 48.5 Å². The van der Waals surface area contributed by atoms with Gasteiger partial charge in [0.1, 0.15) is 0 Å². The SMILES string of the molecule is CCc1ccc(C(Cc2ccccc2[N+](=O)[O-])C(=O)O)cc1. The molecule has 0 aromatic heterocycles. The van der Waals surface area contributed by atoms with Crippen LogP contribution < -0.4 is 0 Å². The van der Waals surface area contributed by atoms with Crippen molar-refractivity contribution in [1.82, 2.24) is 0 Å². The molecule has 0 fully saturated rings. The number of nitro benzene ring substituents is 1. The van der Waals surface area contributed by atoms with E-state index in [1.54, 1.807) is 30.3 Å². The fourth-order valence-corrected chi connectivity index (χ4v) is 2.41. The Kier molecular flexibility index (Phi) is 4.88. The van der Waals surface area contributed by atoms with Crippen LogP contribution in [0.4, 0.5) is 5.69 Å². The first kappa shape index (κ1) is 15.7. The van der Waals surface area contributed by atoms with Gasteiger partial charge in [-0.15, -0.1) is 0 Å². The Labute approximate surface area is 128 Å². The monoisotopic (exact) mass is 299 g/mol. The Morgan fingerprint density at radius 3 is 2.36 bits per heavy atom. The number of rotatable bonds is 6. The zero-order valence-corrected chi connectivity index (χ0v) is 12.2. The quantitative estimate of drug-likeness (QED) is 0.653. The molecule has 2 aromatic carbocycles. The molecule has 0 aliphatic heterocycles. The van der Waals surface area contributed by atoms with E-state index in [9.17, 15) is 20.0 Å². The summed E-state index contributed by atoms with van der Waals surface area (Å²) in [5, 5.41) is 20.5. The summed E-state index contributed by atoms with van der Waals surface area (Å²) in [6.07, 6.45) is 0.972. The van der Waals surface area contributed by atoms with Crippen molar-refractivity contribution in [2.24, 2.45) is 0 Å². The molecule has 1 unspecified atom stereocenters. The number of nitro groups is 1. The Morgan fingerprint density at radius 1 is 1.18 bits per heavy atom. The van der Waals surface area contributed by atoms with Crippen molar-refractivity contribution < 1.29 is 14.8 Å². The minimum absolute atomic E-state index is 0.0427. The zero-order valence-electron chi connectivity index (χ0n) is 12.2. The lowest BCUT2D eigenvalue weighted by molar-refractivity contribution is -0.385. The standard InChI is InChI=1S/C17H17NO4/c1-2-12-7-9-13(10-8-12)15(17(19)20)11-14-5-3-4-6-16(14)18(21)22/h3-10,15H,2,11H2,1H3,(H,19,20). The predicted octanol–water partition coefficient (Wildman–Crippen LogP) is 3.57. The fourth-order valence-electron chi connectivity index (χ4n) is 2.41. The molecule has 1 N–H and O–H groups in total. The van der Waals surface area contributed by atoms with Crippen molar-refractivity contribution in [1.29, 1.82) is 0 Å². The highest BCUT2D eigenvalue weighted by molar-refractivity contribution is 5.76. The van der Waals surface area contributed by atoms with E-state index >= 15 is 0 Å². The molecule has 5 heteroatoms. The number of hydrogen-bond donors (Lipinski definition) is 1. The van der Waals surface area contributed by atoms with Gasteiger partial charge in [0, 0.05) is 11.6 Å². The predicted molar refractivity (Wildman–Crippen MR) is 83.0 cm³/mol. The minimum Gasteiger partial charge on any atom is -0.481 e. The van der Waals surface area contributed by atoms with Gasteiger partial charge in [-0.1, -0.05) is 49.4 Å². The fraction of sp³-hybridized carbons (Fsp3) is 0.235. The first-order chi connectivity index (χ1) is 10.5. The number of carbonyl (C=O) groups is 1. The number of hydrogen-bond acceptors (Lipinski definition) is 3. The van der Waals surface area contributed by atoms with Crippen molar-refractivity contribution in [3.05, 3.63) is 75.3 Å². The van der Waals surface area contributed by atoms with Crippen molar-refractivity contribution >= 4 is 11.7 Å². The molecule has 0 bridgehead atoms. The third kappa shape index (κ3) is 3.49. The number of benzene rings is 2. The van der Waals surface area contributed by atoms with Crippen molar-refractivity contribution in [2.45, 2.75) is 25.7 Å². The summed E-state index contributed by atoms with van der Waals surface area (Å²) < 4.78 is 0. The summed E-state index contributed by atoms with van der Waals surface area (Å²) in [5.41, 5.74) is 2.17. The van der Waals surface area contributed by atoms with E-state index in [4.69, 9.17) is 0 Å². The highest BCUT2D eigenvalue weighted by Crippen LogP contribution is 2.27. The number of aliphatic carboxylic acids is 1. The normalized spacial score (nSPS) is 11.9. The lowest BCUT2D eigenvalue weighted by atomic mass is 9.90. The molecule has 0 saturated carbocycles. The van der Waals surface area contributed by atoms with Gasteiger partial charge in [-0.2, -0.15) is 0 Å². The summed E-state index contributed by atoms with van der Waals surface area (Å²) in [6.45, 7) is 2.02. The number of aryl methyl sites for hydroxylation is 1. The van der Waals surface area contributed by atoms with Crippen molar-refractivity contribution in [3.63, 3.8) is 0 Å². The first-order valence-electron chi connectivity index (χ1n) is 7.07. The molecule has 0 spiro atoms. The van der Waals surface area contributed by atoms with Crippen LogP contribution in [0.3, 0.4) is 0 Å². The third-order valence-electron chi connectivity index (χ3n) is 3.70. The Morgan fingerprint density at radius 2 is 1.82 bits per heavy atom. The maximum absolute atomic E-state index is 11.6. The second-order valence-corrected chi connectivity index (χ2v) is 5.08. The first-order valence-corrected chi connectivity index (χ1v) is 7.07. The molecule has 22 heavy (non-hydrogen) atoms. The van der Waals surface area contributed by atoms with Gasteiger partial charge in [0.25, 0.3) is 5.69 Å². The van der Waals surface area contributed by atoms with Gasteiger partial charge in [0.2, 0.25) is 0 Å². The summed E-state index contributed by atoms with van der Waals surface area (Å²) in [7, 11) is 0. The average Bonchev–Trinajstić information content (AvgIpc) is 2.52. The molecular formula is C17H17NO4. The summed E-state index contributed by atoms with van der Waals surface area (Å²) in [4.78, 5) is 22.1. The van der Waals surface area contributed by atoms with Gasteiger partial charge in [0.15, 0.2) is 0 Å². The largest absolute Gasteiger partial charge is 0.481 e. The van der Waals surface area contributed by atoms with Crippen LogP contribution in [0.1, 0.15) is 29.5 Å². The maximum Gasteiger partial charge on any atom is 0.311 e. The molecule has 0 aliphatic rings. The van der Waals surface area contributed by atoms with E-state index < -0.39 is 16.8 Å². The zero-order chi connectivity index (χ0) is 16.1. The summed E-state index contributed by atoms with van der Waals surface area (Å²) >= 11 is 0. The Balaban J connectivity index is 2.33. The lowest BCUT2D eigenvalue weighted by Gasteiger charge is -2.13. The van der Waals surface area contributed by atoms with Gasteiger partial charge < -0.3 is 5.11 Å². The smallest absolute Gasteiger partial charge is 0.311 e. The van der Waals surface area contributed by atoms with Crippen molar-refractivity contribution in [2.75, 3.05) is 0 Å². The maximum atomic E-state index is 11.6. The van der Waals surface area contributed by atoms with Crippen LogP contribution in [-0.2, 0) is 17.6 Å². The van der Waals surface area contributed by atoms with Crippen molar-refractivity contribution in [3.8, 4) is 0 Å².